The number of hydrogen-bond donors (Lipinski definition) is 3. The number of nitrogens with zero attached hydrogens (tertiary/aromatic N) is 8. The first-order valence-corrected chi connectivity index (χ1v) is 19.0. The van der Waals surface area contributed by atoms with Crippen LogP contribution in [-0.2, 0) is 39.4 Å². The van der Waals surface area contributed by atoms with Gasteiger partial charge in [0.25, 0.3) is 0 Å². The lowest BCUT2D eigenvalue weighted by atomic mass is 9.91. The van der Waals surface area contributed by atoms with E-state index in [4.69, 9.17) is 19.4 Å². The Labute approximate surface area is 323 Å². The number of imidazole rings is 2. The van der Waals surface area contributed by atoms with Crippen LogP contribution in [0.3, 0.4) is 0 Å². The van der Waals surface area contributed by atoms with Gasteiger partial charge in [0.2, 0.25) is 0 Å². The highest BCUT2D eigenvalue weighted by atomic mass is 79.9. The fourth-order valence-corrected chi connectivity index (χ4v) is 9.27. The van der Waals surface area contributed by atoms with Crippen LogP contribution in [0.15, 0.2) is 89.8 Å². The Morgan fingerprint density at radius 3 is 1.75 bits per heavy atom. The number of ether oxygens (including phenoxy) is 2. The molecule has 7 heterocycles. The molecule has 2 spiro atoms. The van der Waals surface area contributed by atoms with Crippen LogP contribution in [0.4, 0.5) is 0 Å². The van der Waals surface area contributed by atoms with Crippen LogP contribution in [-0.4, -0.2) is 67.6 Å². The summed E-state index contributed by atoms with van der Waals surface area (Å²) in [5.41, 5.74) is 6.65. The zero-order chi connectivity index (χ0) is 37.7. The van der Waals surface area contributed by atoms with Gasteiger partial charge >= 0.3 is 0 Å². The molecule has 55 heavy (non-hydrogen) atoms. The van der Waals surface area contributed by atoms with Crippen LogP contribution in [0.25, 0.3) is 33.6 Å². The summed E-state index contributed by atoms with van der Waals surface area (Å²) in [6.07, 6.45) is 3.39. The van der Waals surface area contributed by atoms with E-state index < -0.39 is 28.9 Å². The molecule has 4 aliphatic rings. The molecule has 0 bridgehead atoms. The molecule has 3 N–H and O–H groups in total. The van der Waals surface area contributed by atoms with E-state index in [1.54, 1.807) is 26.2 Å². The maximum absolute atomic E-state index is 10.8. The number of rotatable bonds is 2. The quantitative estimate of drug-likeness (QED) is 0.183. The molecule has 278 valence electrons. The maximum atomic E-state index is 10.8. The van der Waals surface area contributed by atoms with Gasteiger partial charge in [-0.3, -0.25) is 9.13 Å². The van der Waals surface area contributed by atoms with E-state index in [0.29, 0.717) is 45.1 Å². The second-order valence-corrected chi connectivity index (χ2v) is 16.1. The molecule has 0 saturated heterocycles. The minimum atomic E-state index is -1.11. The molecule has 2 aliphatic carbocycles. The minimum Gasteiger partial charge on any atom is -0.388 e. The minimum absolute atomic E-state index is 0.358. The Morgan fingerprint density at radius 2 is 1.20 bits per heavy atom. The summed E-state index contributed by atoms with van der Waals surface area (Å²) in [6, 6.07) is 23.7. The van der Waals surface area contributed by atoms with Gasteiger partial charge in [-0.25, -0.2) is 29.9 Å². The zero-order valence-electron chi connectivity index (χ0n) is 30.1. The Morgan fingerprint density at radius 1 is 0.691 bits per heavy atom. The van der Waals surface area contributed by atoms with Crippen molar-refractivity contribution in [3.8, 4) is 11.3 Å². The number of aliphatic hydroxyl groups is 3. The van der Waals surface area contributed by atoms with Crippen molar-refractivity contribution in [3.05, 3.63) is 130 Å². The van der Waals surface area contributed by atoms with Gasteiger partial charge in [0.15, 0.2) is 17.1 Å². The molecule has 4 atom stereocenters. The first-order valence-electron chi connectivity index (χ1n) is 18.2. The smallest absolute Gasteiger partial charge is 0.162 e. The van der Waals surface area contributed by atoms with Crippen LogP contribution in [0.2, 0.25) is 0 Å². The van der Waals surface area contributed by atoms with E-state index in [2.05, 4.69) is 57.1 Å². The number of fused-ring (bicyclic) bond motifs is 12. The Balaban J connectivity index is 0.000000143. The van der Waals surface area contributed by atoms with E-state index in [-0.39, 0.29) is 0 Å². The molecule has 4 unspecified atom stereocenters. The average Bonchev–Trinajstić information content (AvgIpc) is 3.91. The van der Waals surface area contributed by atoms with Gasteiger partial charge in [-0.1, -0.05) is 48.5 Å². The molecule has 0 radical (unpaired) electrons. The summed E-state index contributed by atoms with van der Waals surface area (Å²) in [4.78, 5) is 27.7. The second kappa shape index (κ2) is 12.5. The van der Waals surface area contributed by atoms with E-state index in [0.717, 1.165) is 72.1 Å². The van der Waals surface area contributed by atoms with Crippen LogP contribution in [0.1, 0.15) is 78.6 Å². The average molecular weight is 802 g/mol. The number of pyridine rings is 2. The highest BCUT2D eigenvalue weighted by Gasteiger charge is 2.50. The molecule has 7 aromatic rings. The summed E-state index contributed by atoms with van der Waals surface area (Å²) in [7, 11) is 0. The molecule has 2 aromatic carbocycles. The second-order valence-electron chi connectivity index (χ2n) is 15.3. The van der Waals surface area contributed by atoms with Gasteiger partial charge in [0, 0.05) is 30.8 Å². The summed E-state index contributed by atoms with van der Waals surface area (Å²) >= 11 is 3.45. The van der Waals surface area contributed by atoms with Crippen molar-refractivity contribution >= 4 is 38.3 Å². The third-order valence-corrected chi connectivity index (χ3v) is 11.8. The summed E-state index contributed by atoms with van der Waals surface area (Å²) in [5.74, 6) is 2.02. The summed E-state index contributed by atoms with van der Waals surface area (Å²) in [6.45, 7) is 5.14. The Hall–Kier alpha value is -4.96. The molecule has 0 saturated carbocycles. The topological polar surface area (TPSA) is 166 Å². The maximum Gasteiger partial charge on any atom is 0.162 e. The lowest BCUT2D eigenvalue weighted by Gasteiger charge is -2.37. The highest BCUT2D eigenvalue weighted by molar-refractivity contribution is 9.10. The van der Waals surface area contributed by atoms with Crippen molar-refractivity contribution in [1.29, 1.82) is 0 Å². The van der Waals surface area contributed by atoms with Crippen LogP contribution in [0, 0.1) is 0 Å². The molecule has 5 aromatic heterocycles. The van der Waals surface area contributed by atoms with E-state index >= 15 is 0 Å². The van der Waals surface area contributed by atoms with Crippen molar-refractivity contribution in [1.82, 2.24) is 39.0 Å². The largest absolute Gasteiger partial charge is 0.388 e. The zero-order valence-corrected chi connectivity index (χ0v) is 31.7. The molecule has 2 aliphatic heterocycles. The molecule has 0 amide bonds. The van der Waals surface area contributed by atoms with E-state index in [9.17, 15) is 15.3 Å². The summed E-state index contributed by atoms with van der Waals surface area (Å²) < 4.78 is 16.9. The molecular formula is C41H37BrN8O5. The van der Waals surface area contributed by atoms with Crippen molar-refractivity contribution < 1.29 is 24.8 Å². The van der Waals surface area contributed by atoms with Gasteiger partial charge in [0.05, 0.1) is 42.2 Å². The summed E-state index contributed by atoms with van der Waals surface area (Å²) in [5, 5.41) is 31.5. The molecular weight excluding hydrogens is 764 g/mol. The fourth-order valence-electron chi connectivity index (χ4n) is 8.97. The lowest BCUT2D eigenvalue weighted by molar-refractivity contribution is 0.00831. The molecule has 11 rings (SSSR count). The number of halogens is 1. The third kappa shape index (κ3) is 5.30. The monoisotopic (exact) mass is 800 g/mol. The normalized spacial score (nSPS) is 23.7. The van der Waals surface area contributed by atoms with Crippen molar-refractivity contribution in [2.75, 3.05) is 13.2 Å². The van der Waals surface area contributed by atoms with Gasteiger partial charge in [-0.2, -0.15) is 0 Å². The first kappa shape index (κ1) is 34.5. The Kier molecular flexibility index (Phi) is 7.87. The number of benzene rings is 2. The van der Waals surface area contributed by atoms with Gasteiger partial charge in [-0.15, -0.1) is 0 Å². The van der Waals surface area contributed by atoms with Crippen LogP contribution >= 0.6 is 15.9 Å². The predicted octanol–water partition coefficient (Wildman–Crippen LogP) is 5.73. The highest BCUT2D eigenvalue weighted by Crippen LogP contribution is 2.50. The first-order chi connectivity index (χ1) is 26.6. The predicted molar refractivity (Wildman–Crippen MR) is 205 cm³/mol. The van der Waals surface area contributed by atoms with Crippen molar-refractivity contribution in [3.63, 3.8) is 0 Å². The van der Waals surface area contributed by atoms with Crippen molar-refractivity contribution in [2.24, 2.45) is 0 Å². The van der Waals surface area contributed by atoms with E-state index in [1.165, 1.54) is 0 Å². The standard InChI is InChI=1S/C24H23N5O3.C17H14BrN3O2/c1-23(2,31)22-25-10-14(11-26-22)17-7-8-18-21(28-17)29-20(27-18)12-32-13-24(29)9-19(30)15-5-3-4-6-16(15)24;18-14-6-5-12-16(20-14)21-15(19-12)8-23-9-17(21)7-13(22)10-3-1-2-4-11(10)17/h3-8,10-11,19,30-31H,9,12-13H2,1-2H3;1-6,13,22H,7-9H2. The van der Waals surface area contributed by atoms with Gasteiger partial charge < -0.3 is 24.8 Å². The number of hydrogen-bond acceptors (Lipinski definition) is 11. The molecule has 0 fully saturated rings. The molecule has 13 nitrogen and oxygen atoms in total. The lowest BCUT2D eigenvalue weighted by Crippen LogP contribution is -2.42. The number of aromatic nitrogens is 8. The van der Waals surface area contributed by atoms with Gasteiger partial charge in [0.1, 0.15) is 46.1 Å². The van der Waals surface area contributed by atoms with Crippen LogP contribution in [0.5, 0.6) is 0 Å². The Bertz CT molecular complexity index is 2640. The number of aliphatic hydroxyl groups excluding tert-OH is 2. The van der Waals surface area contributed by atoms with Crippen LogP contribution < -0.4 is 0 Å². The van der Waals surface area contributed by atoms with Gasteiger partial charge in [-0.05, 0) is 76.3 Å². The van der Waals surface area contributed by atoms with Crippen molar-refractivity contribution in [2.45, 2.75) is 68.8 Å². The SMILES string of the molecule is CC(C)(O)c1ncc(-c2ccc3nc4n(c3n2)C2(COC4)CC(O)c3ccccc32)cn1.OC1CC2(COCc3nc4ccc(Br)nc4n32)c2ccccc21. The third-order valence-electron chi connectivity index (χ3n) is 11.3. The molecule has 14 heteroatoms. The fraction of sp³-hybridized carbons (Fsp3) is 0.317. The van der Waals surface area contributed by atoms with E-state index in [1.807, 2.05) is 60.7 Å².